The molecule has 1 rings (SSSR count). The standard InChI is InChI=1S/C12H18O/c1-4-5-10-6-7-12(13)11(8-10)9(2)3/h6-9,13H,4-5H2,1-3H3. The van der Waals surface area contributed by atoms with Crippen LogP contribution in [0, 0.1) is 0 Å². The summed E-state index contributed by atoms with van der Waals surface area (Å²) in [5.74, 6) is 0.826. The molecule has 1 N–H and O–H groups in total. The highest BCUT2D eigenvalue weighted by Crippen LogP contribution is 2.26. The summed E-state index contributed by atoms with van der Waals surface area (Å²) in [6, 6.07) is 5.93. The zero-order chi connectivity index (χ0) is 9.84. The molecule has 0 aliphatic carbocycles. The van der Waals surface area contributed by atoms with E-state index in [4.69, 9.17) is 0 Å². The minimum atomic E-state index is 0.400. The van der Waals surface area contributed by atoms with Crippen molar-refractivity contribution in [1.29, 1.82) is 0 Å². The summed E-state index contributed by atoms with van der Waals surface area (Å²) < 4.78 is 0. The molecule has 0 unspecified atom stereocenters. The smallest absolute Gasteiger partial charge is 0.119 e. The van der Waals surface area contributed by atoms with Crippen molar-refractivity contribution in [3.05, 3.63) is 29.3 Å². The van der Waals surface area contributed by atoms with Crippen molar-refractivity contribution in [3.63, 3.8) is 0 Å². The second kappa shape index (κ2) is 4.31. The number of aryl methyl sites for hydroxylation is 1. The van der Waals surface area contributed by atoms with Gasteiger partial charge < -0.3 is 5.11 Å². The van der Waals surface area contributed by atoms with Crippen LogP contribution in [0.3, 0.4) is 0 Å². The van der Waals surface area contributed by atoms with E-state index in [0.29, 0.717) is 11.7 Å². The second-order valence-corrected chi connectivity index (χ2v) is 3.80. The zero-order valence-corrected chi connectivity index (χ0v) is 8.67. The summed E-state index contributed by atoms with van der Waals surface area (Å²) in [6.07, 6.45) is 2.25. The van der Waals surface area contributed by atoms with E-state index in [-0.39, 0.29) is 0 Å². The van der Waals surface area contributed by atoms with E-state index in [1.54, 1.807) is 6.07 Å². The molecule has 0 fully saturated rings. The van der Waals surface area contributed by atoms with Gasteiger partial charge >= 0.3 is 0 Å². The molecule has 1 aromatic carbocycles. The van der Waals surface area contributed by atoms with E-state index in [1.165, 1.54) is 5.56 Å². The molecule has 0 aromatic heterocycles. The third kappa shape index (κ3) is 2.48. The molecule has 0 spiro atoms. The second-order valence-electron chi connectivity index (χ2n) is 3.80. The van der Waals surface area contributed by atoms with Gasteiger partial charge in [0.1, 0.15) is 5.75 Å². The molecule has 13 heavy (non-hydrogen) atoms. The summed E-state index contributed by atoms with van der Waals surface area (Å²) >= 11 is 0. The maximum Gasteiger partial charge on any atom is 0.119 e. The molecule has 0 amide bonds. The molecule has 1 aromatic rings. The van der Waals surface area contributed by atoms with Crippen LogP contribution in [0.5, 0.6) is 5.75 Å². The Morgan fingerprint density at radius 2 is 2.00 bits per heavy atom. The average Bonchev–Trinajstić information content (AvgIpc) is 2.08. The monoisotopic (exact) mass is 178 g/mol. The van der Waals surface area contributed by atoms with Gasteiger partial charge in [-0.05, 0) is 29.5 Å². The molecule has 0 saturated carbocycles. The molecular formula is C12H18O. The van der Waals surface area contributed by atoms with Crippen LogP contribution in [0.4, 0.5) is 0 Å². The Balaban J connectivity index is 2.97. The van der Waals surface area contributed by atoms with Gasteiger partial charge in [0.2, 0.25) is 0 Å². The van der Waals surface area contributed by atoms with Gasteiger partial charge in [-0.2, -0.15) is 0 Å². The highest BCUT2D eigenvalue weighted by atomic mass is 16.3. The minimum absolute atomic E-state index is 0.400. The predicted octanol–water partition coefficient (Wildman–Crippen LogP) is 3.47. The van der Waals surface area contributed by atoms with E-state index in [9.17, 15) is 5.11 Å². The highest BCUT2D eigenvalue weighted by molar-refractivity contribution is 5.38. The lowest BCUT2D eigenvalue weighted by atomic mass is 9.98. The topological polar surface area (TPSA) is 20.2 Å². The van der Waals surface area contributed by atoms with Gasteiger partial charge in [-0.25, -0.2) is 0 Å². The highest BCUT2D eigenvalue weighted by Gasteiger charge is 2.05. The Labute approximate surface area is 80.4 Å². The molecule has 0 aliphatic heterocycles. The van der Waals surface area contributed by atoms with Gasteiger partial charge in [0.25, 0.3) is 0 Å². The largest absolute Gasteiger partial charge is 0.508 e. The zero-order valence-electron chi connectivity index (χ0n) is 8.67. The van der Waals surface area contributed by atoms with Crippen LogP contribution >= 0.6 is 0 Å². The molecule has 1 heteroatoms. The molecular weight excluding hydrogens is 160 g/mol. The number of rotatable bonds is 3. The first-order valence-electron chi connectivity index (χ1n) is 4.97. The Morgan fingerprint density at radius 3 is 2.54 bits per heavy atom. The fourth-order valence-corrected chi connectivity index (χ4v) is 1.51. The van der Waals surface area contributed by atoms with Gasteiger partial charge in [-0.3, -0.25) is 0 Å². The summed E-state index contributed by atoms with van der Waals surface area (Å²) in [5.41, 5.74) is 2.38. The summed E-state index contributed by atoms with van der Waals surface area (Å²) in [7, 11) is 0. The van der Waals surface area contributed by atoms with E-state index in [2.05, 4.69) is 26.8 Å². The Bertz CT molecular complexity index is 276. The van der Waals surface area contributed by atoms with Crippen LogP contribution in [0.2, 0.25) is 0 Å². The van der Waals surface area contributed by atoms with Crippen molar-refractivity contribution in [2.24, 2.45) is 0 Å². The molecule has 0 bridgehead atoms. The molecule has 0 aliphatic rings. The van der Waals surface area contributed by atoms with E-state index < -0.39 is 0 Å². The first kappa shape index (κ1) is 10.1. The first-order chi connectivity index (χ1) is 6.15. The van der Waals surface area contributed by atoms with Gasteiger partial charge in [0, 0.05) is 0 Å². The number of aromatic hydroxyl groups is 1. The molecule has 0 heterocycles. The van der Waals surface area contributed by atoms with Crippen LogP contribution in [0.25, 0.3) is 0 Å². The lowest BCUT2D eigenvalue weighted by Crippen LogP contribution is -1.91. The molecule has 1 nitrogen and oxygen atoms in total. The van der Waals surface area contributed by atoms with Crippen LogP contribution in [-0.2, 0) is 6.42 Å². The number of hydrogen-bond donors (Lipinski definition) is 1. The fourth-order valence-electron chi connectivity index (χ4n) is 1.51. The van der Waals surface area contributed by atoms with Crippen molar-refractivity contribution in [2.75, 3.05) is 0 Å². The third-order valence-electron chi connectivity index (χ3n) is 2.25. The molecule has 0 saturated heterocycles. The van der Waals surface area contributed by atoms with Crippen LogP contribution in [0.15, 0.2) is 18.2 Å². The number of benzene rings is 1. The summed E-state index contributed by atoms with van der Waals surface area (Å²) in [4.78, 5) is 0. The van der Waals surface area contributed by atoms with E-state index in [0.717, 1.165) is 18.4 Å². The van der Waals surface area contributed by atoms with E-state index in [1.807, 2.05) is 6.07 Å². The quantitative estimate of drug-likeness (QED) is 0.751. The summed E-state index contributed by atoms with van der Waals surface area (Å²) in [5, 5.41) is 9.57. The molecule has 72 valence electrons. The maximum atomic E-state index is 9.57. The van der Waals surface area contributed by atoms with Gasteiger partial charge in [0.05, 0.1) is 0 Å². The van der Waals surface area contributed by atoms with Crippen molar-refractivity contribution in [1.82, 2.24) is 0 Å². The molecule has 0 radical (unpaired) electrons. The van der Waals surface area contributed by atoms with Crippen molar-refractivity contribution < 1.29 is 5.11 Å². The minimum Gasteiger partial charge on any atom is -0.508 e. The van der Waals surface area contributed by atoms with Crippen LogP contribution in [0.1, 0.15) is 44.2 Å². The Morgan fingerprint density at radius 1 is 1.31 bits per heavy atom. The average molecular weight is 178 g/mol. The summed E-state index contributed by atoms with van der Waals surface area (Å²) in [6.45, 7) is 6.37. The van der Waals surface area contributed by atoms with Gasteiger partial charge in [-0.1, -0.05) is 39.3 Å². The van der Waals surface area contributed by atoms with Crippen LogP contribution < -0.4 is 0 Å². The van der Waals surface area contributed by atoms with Gasteiger partial charge in [0.15, 0.2) is 0 Å². The maximum absolute atomic E-state index is 9.57. The SMILES string of the molecule is CCCc1ccc(O)c(C(C)C)c1. The van der Waals surface area contributed by atoms with E-state index >= 15 is 0 Å². The van der Waals surface area contributed by atoms with Crippen molar-refractivity contribution in [2.45, 2.75) is 39.5 Å². The lowest BCUT2D eigenvalue weighted by molar-refractivity contribution is 0.464. The van der Waals surface area contributed by atoms with Crippen LogP contribution in [-0.4, -0.2) is 5.11 Å². The van der Waals surface area contributed by atoms with Crippen molar-refractivity contribution >= 4 is 0 Å². The predicted molar refractivity (Wildman–Crippen MR) is 56.2 cm³/mol. The van der Waals surface area contributed by atoms with Crippen molar-refractivity contribution in [3.8, 4) is 5.75 Å². The first-order valence-corrected chi connectivity index (χ1v) is 4.97. The Hall–Kier alpha value is -0.980. The fraction of sp³-hybridized carbons (Fsp3) is 0.500. The Kier molecular flexibility index (Phi) is 3.35. The number of phenols is 1. The number of phenolic OH excluding ortho intramolecular Hbond substituents is 1. The number of hydrogen-bond acceptors (Lipinski definition) is 1. The lowest BCUT2D eigenvalue weighted by Gasteiger charge is -2.09. The third-order valence-corrected chi connectivity index (χ3v) is 2.25. The normalized spacial score (nSPS) is 10.8. The van der Waals surface area contributed by atoms with Gasteiger partial charge in [-0.15, -0.1) is 0 Å². The molecule has 0 atom stereocenters.